The number of benzene rings is 2. The Hall–Kier alpha value is -3.02. The molecule has 0 atom stereocenters. The van der Waals surface area contributed by atoms with Crippen molar-refractivity contribution in [1.82, 2.24) is 0 Å². The van der Waals surface area contributed by atoms with E-state index >= 15 is 0 Å². The number of amides is 2. The fraction of sp³-hybridized carbons (Fsp3) is 0.333. The fourth-order valence-corrected chi connectivity index (χ4v) is 3.32. The number of nitrogens with zero attached hydrogens (tertiary/aromatic N) is 1. The average molecular weight is 368 g/mol. The van der Waals surface area contributed by atoms with Gasteiger partial charge in [-0.05, 0) is 54.3 Å². The number of hydrogen-bond donors (Lipinski definition) is 1. The van der Waals surface area contributed by atoms with Crippen LogP contribution < -0.4 is 19.7 Å². The molecule has 3 rings (SSSR count). The van der Waals surface area contributed by atoms with E-state index < -0.39 is 0 Å². The van der Waals surface area contributed by atoms with Crippen LogP contribution in [0.25, 0.3) is 0 Å². The minimum absolute atomic E-state index is 0.0421. The average Bonchev–Trinajstić information content (AvgIpc) is 3.09. The normalized spacial score (nSPS) is 12.5. The van der Waals surface area contributed by atoms with E-state index in [1.54, 1.807) is 26.0 Å². The van der Waals surface area contributed by atoms with Crippen LogP contribution in [0.2, 0.25) is 0 Å². The number of carbonyl (C=O) groups is 2. The molecule has 6 heteroatoms. The van der Waals surface area contributed by atoms with Crippen LogP contribution in [0.4, 0.5) is 11.4 Å². The second kappa shape index (κ2) is 8.12. The zero-order chi connectivity index (χ0) is 19.4. The number of methoxy groups -OCH3 is 2. The molecule has 0 aliphatic carbocycles. The molecule has 142 valence electrons. The van der Waals surface area contributed by atoms with Crippen LogP contribution in [-0.4, -0.2) is 32.6 Å². The van der Waals surface area contributed by atoms with Gasteiger partial charge in [0.25, 0.3) is 0 Å². The van der Waals surface area contributed by atoms with Crippen molar-refractivity contribution in [3.63, 3.8) is 0 Å². The van der Waals surface area contributed by atoms with Crippen molar-refractivity contribution in [1.29, 1.82) is 0 Å². The van der Waals surface area contributed by atoms with E-state index in [0.29, 0.717) is 30.9 Å². The van der Waals surface area contributed by atoms with Crippen molar-refractivity contribution in [2.75, 3.05) is 31.0 Å². The first-order valence-electron chi connectivity index (χ1n) is 8.93. The minimum Gasteiger partial charge on any atom is -0.493 e. The highest BCUT2D eigenvalue weighted by molar-refractivity contribution is 5.95. The molecule has 1 aliphatic heterocycles. The van der Waals surface area contributed by atoms with Gasteiger partial charge in [0, 0.05) is 31.3 Å². The summed E-state index contributed by atoms with van der Waals surface area (Å²) in [6, 6.07) is 11.3. The first-order chi connectivity index (χ1) is 13.0. The van der Waals surface area contributed by atoms with E-state index in [1.165, 1.54) is 0 Å². The van der Waals surface area contributed by atoms with Gasteiger partial charge in [-0.25, -0.2) is 0 Å². The fourth-order valence-electron chi connectivity index (χ4n) is 3.32. The Bertz CT molecular complexity index is 863. The molecule has 0 aromatic heterocycles. The molecule has 6 nitrogen and oxygen atoms in total. The first kappa shape index (κ1) is 18.8. The maximum absolute atomic E-state index is 12.3. The summed E-state index contributed by atoms with van der Waals surface area (Å²) < 4.78 is 10.5. The van der Waals surface area contributed by atoms with Gasteiger partial charge in [-0.1, -0.05) is 6.07 Å². The third kappa shape index (κ3) is 4.22. The molecule has 0 spiro atoms. The third-order valence-corrected chi connectivity index (χ3v) is 4.73. The first-order valence-corrected chi connectivity index (χ1v) is 8.93. The molecular formula is C21H24N2O4. The summed E-state index contributed by atoms with van der Waals surface area (Å²) in [6.07, 6.45) is 1.78. The topological polar surface area (TPSA) is 67.9 Å². The SMILES string of the molecule is COc1ccc(CCC(=O)Nc2ccc3c(c2)CCN3C(C)=O)cc1OC. The van der Waals surface area contributed by atoms with Crippen LogP contribution in [0.5, 0.6) is 11.5 Å². The lowest BCUT2D eigenvalue weighted by Crippen LogP contribution is -2.25. The number of anilines is 2. The standard InChI is InChI=1S/C21H24N2O4/c1-14(24)23-11-10-16-13-17(6-7-18(16)23)22-21(25)9-5-15-4-8-19(26-2)20(12-15)27-3/h4,6-8,12-13H,5,9-11H2,1-3H3,(H,22,25). The smallest absolute Gasteiger partial charge is 0.224 e. The number of hydrogen-bond acceptors (Lipinski definition) is 4. The molecular weight excluding hydrogens is 344 g/mol. The van der Waals surface area contributed by atoms with E-state index in [0.717, 1.165) is 28.9 Å². The Balaban J connectivity index is 1.60. The van der Waals surface area contributed by atoms with Crippen LogP contribution in [0.3, 0.4) is 0 Å². The Morgan fingerprint density at radius 2 is 1.85 bits per heavy atom. The van der Waals surface area contributed by atoms with Gasteiger partial charge in [0.2, 0.25) is 11.8 Å². The van der Waals surface area contributed by atoms with E-state index in [9.17, 15) is 9.59 Å². The zero-order valence-corrected chi connectivity index (χ0v) is 15.9. The van der Waals surface area contributed by atoms with Gasteiger partial charge in [0.15, 0.2) is 11.5 Å². The molecule has 0 bridgehead atoms. The molecule has 2 amide bonds. The van der Waals surface area contributed by atoms with Gasteiger partial charge >= 0.3 is 0 Å². The maximum atomic E-state index is 12.3. The molecule has 0 fully saturated rings. The summed E-state index contributed by atoms with van der Waals surface area (Å²) in [7, 11) is 3.19. The Labute approximate surface area is 159 Å². The highest BCUT2D eigenvalue weighted by atomic mass is 16.5. The minimum atomic E-state index is -0.0499. The summed E-state index contributed by atoms with van der Waals surface area (Å²) in [5, 5.41) is 2.94. The summed E-state index contributed by atoms with van der Waals surface area (Å²) in [4.78, 5) is 25.7. The lowest BCUT2D eigenvalue weighted by molar-refractivity contribution is -0.117. The molecule has 0 radical (unpaired) electrons. The molecule has 2 aromatic carbocycles. The van der Waals surface area contributed by atoms with Gasteiger partial charge in [0.1, 0.15) is 0 Å². The highest BCUT2D eigenvalue weighted by Crippen LogP contribution is 2.31. The maximum Gasteiger partial charge on any atom is 0.224 e. The van der Waals surface area contributed by atoms with Crippen LogP contribution in [0.1, 0.15) is 24.5 Å². The Morgan fingerprint density at radius 1 is 1.07 bits per heavy atom. The van der Waals surface area contributed by atoms with E-state index in [1.807, 2.05) is 36.4 Å². The summed E-state index contributed by atoms with van der Waals surface area (Å²) in [6.45, 7) is 2.26. The summed E-state index contributed by atoms with van der Waals surface area (Å²) in [5.74, 6) is 1.32. The van der Waals surface area contributed by atoms with Gasteiger partial charge in [-0.15, -0.1) is 0 Å². The lowest BCUT2D eigenvalue weighted by atomic mass is 10.1. The van der Waals surface area contributed by atoms with Gasteiger partial charge in [-0.3, -0.25) is 9.59 Å². The second-order valence-corrected chi connectivity index (χ2v) is 6.50. The second-order valence-electron chi connectivity index (χ2n) is 6.50. The summed E-state index contributed by atoms with van der Waals surface area (Å²) >= 11 is 0. The molecule has 2 aromatic rings. The zero-order valence-electron chi connectivity index (χ0n) is 15.9. The Morgan fingerprint density at radius 3 is 2.56 bits per heavy atom. The van der Waals surface area contributed by atoms with Crippen LogP contribution in [-0.2, 0) is 22.4 Å². The molecule has 1 N–H and O–H groups in total. The van der Waals surface area contributed by atoms with E-state index in [4.69, 9.17) is 9.47 Å². The largest absolute Gasteiger partial charge is 0.493 e. The predicted molar refractivity (Wildman–Crippen MR) is 105 cm³/mol. The predicted octanol–water partition coefficient (Wildman–Crippen LogP) is 3.18. The van der Waals surface area contributed by atoms with Crippen molar-refractivity contribution >= 4 is 23.2 Å². The lowest BCUT2D eigenvalue weighted by Gasteiger charge is -2.15. The molecule has 0 unspecified atom stereocenters. The van der Waals surface area contributed by atoms with E-state index in [-0.39, 0.29) is 11.8 Å². The van der Waals surface area contributed by atoms with Crippen molar-refractivity contribution in [2.24, 2.45) is 0 Å². The van der Waals surface area contributed by atoms with Crippen molar-refractivity contribution in [3.05, 3.63) is 47.5 Å². The summed E-state index contributed by atoms with van der Waals surface area (Å²) in [5.41, 5.74) is 3.79. The van der Waals surface area contributed by atoms with Crippen LogP contribution in [0.15, 0.2) is 36.4 Å². The number of fused-ring (bicyclic) bond motifs is 1. The number of rotatable bonds is 6. The highest BCUT2D eigenvalue weighted by Gasteiger charge is 2.22. The van der Waals surface area contributed by atoms with Gasteiger partial charge in [0.05, 0.1) is 14.2 Å². The van der Waals surface area contributed by atoms with Gasteiger partial charge < -0.3 is 19.7 Å². The van der Waals surface area contributed by atoms with Crippen molar-refractivity contribution in [2.45, 2.75) is 26.2 Å². The van der Waals surface area contributed by atoms with Crippen molar-refractivity contribution in [3.8, 4) is 11.5 Å². The molecule has 27 heavy (non-hydrogen) atoms. The third-order valence-electron chi connectivity index (χ3n) is 4.73. The molecule has 1 heterocycles. The van der Waals surface area contributed by atoms with E-state index in [2.05, 4.69) is 5.32 Å². The monoisotopic (exact) mass is 368 g/mol. The number of ether oxygens (including phenoxy) is 2. The van der Waals surface area contributed by atoms with Crippen LogP contribution in [0, 0.1) is 0 Å². The van der Waals surface area contributed by atoms with Crippen molar-refractivity contribution < 1.29 is 19.1 Å². The molecule has 1 aliphatic rings. The van der Waals surface area contributed by atoms with Crippen LogP contribution >= 0.6 is 0 Å². The number of aryl methyl sites for hydroxylation is 1. The number of nitrogens with one attached hydrogen (secondary N) is 1. The van der Waals surface area contributed by atoms with Gasteiger partial charge in [-0.2, -0.15) is 0 Å². The molecule has 0 saturated heterocycles. The Kier molecular flexibility index (Phi) is 5.64. The molecule has 0 saturated carbocycles. The quantitative estimate of drug-likeness (QED) is 0.850. The number of carbonyl (C=O) groups excluding carboxylic acids is 2.